The molecule has 4 heteroatoms. The monoisotopic (exact) mass is 214 g/mol. The van der Waals surface area contributed by atoms with Crippen molar-refractivity contribution in [2.75, 3.05) is 13.1 Å². The number of carbonyl (C=O) groups is 1. The Morgan fingerprint density at radius 1 is 1.53 bits per heavy atom. The van der Waals surface area contributed by atoms with Crippen molar-refractivity contribution in [2.24, 2.45) is 11.1 Å². The number of carbonyl (C=O) groups excluding carboxylic acids is 1. The van der Waals surface area contributed by atoms with Crippen LogP contribution in [0.5, 0.6) is 0 Å². The minimum absolute atomic E-state index is 0.0231. The Bertz CT molecular complexity index is 213. The van der Waals surface area contributed by atoms with Crippen LogP contribution in [0.25, 0.3) is 0 Å². The van der Waals surface area contributed by atoms with E-state index in [0.717, 1.165) is 25.7 Å². The molecule has 0 aromatic carbocycles. The highest BCUT2D eigenvalue weighted by Crippen LogP contribution is 2.37. The number of aliphatic hydroxyl groups excluding tert-OH is 1. The smallest absolute Gasteiger partial charge is 0.227 e. The van der Waals surface area contributed by atoms with Crippen LogP contribution >= 0.6 is 0 Å². The van der Waals surface area contributed by atoms with Gasteiger partial charge in [0.25, 0.3) is 0 Å². The van der Waals surface area contributed by atoms with Crippen LogP contribution < -0.4 is 11.1 Å². The van der Waals surface area contributed by atoms with Gasteiger partial charge in [0.1, 0.15) is 0 Å². The molecule has 1 atom stereocenters. The van der Waals surface area contributed by atoms with Crippen molar-refractivity contribution in [1.82, 2.24) is 5.32 Å². The normalized spacial score (nSPS) is 21.3. The number of rotatable bonds is 5. The van der Waals surface area contributed by atoms with E-state index in [0.29, 0.717) is 19.5 Å². The van der Waals surface area contributed by atoms with Crippen molar-refractivity contribution in [3.8, 4) is 0 Å². The molecular formula is C11H22N2O2. The van der Waals surface area contributed by atoms with Gasteiger partial charge in [-0.3, -0.25) is 4.79 Å². The standard InChI is InChI=1S/C11H22N2O2/c1-2-9(14)7-13-10(15)11(8-12)5-3-4-6-11/h9,14H,2-8,12H2,1H3,(H,13,15). The van der Waals surface area contributed by atoms with E-state index in [1.165, 1.54) is 0 Å². The van der Waals surface area contributed by atoms with Crippen LogP contribution in [0.15, 0.2) is 0 Å². The van der Waals surface area contributed by atoms with Gasteiger partial charge in [0.2, 0.25) is 5.91 Å². The predicted molar refractivity (Wildman–Crippen MR) is 59.3 cm³/mol. The van der Waals surface area contributed by atoms with Crippen molar-refractivity contribution >= 4 is 5.91 Å². The molecule has 1 saturated carbocycles. The molecule has 0 bridgehead atoms. The van der Waals surface area contributed by atoms with Gasteiger partial charge in [-0.15, -0.1) is 0 Å². The number of aliphatic hydroxyl groups is 1. The Hall–Kier alpha value is -0.610. The van der Waals surface area contributed by atoms with E-state index in [-0.39, 0.29) is 11.3 Å². The third-order valence-electron chi connectivity index (χ3n) is 3.40. The lowest BCUT2D eigenvalue weighted by molar-refractivity contribution is -0.130. The molecule has 0 heterocycles. The zero-order valence-electron chi connectivity index (χ0n) is 9.46. The summed E-state index contributed by atoms with van der Waals surface area (Å²) in [5.74, 6) is 0.0231. The quantitative estimate of drug-likeness (QED) is 0.620. The summed E-state index contributed by atoms with van der Waals surface area (Å²) in [5.41, 5.74) is 5.33. The average Bonchev–Trinajstić information content (AvgIpc) is 2.75. The molecule has 0 spiro atoms. The van der Waals surface area contributed by atoms with Gasteiger partial charge in [0.15, 0.2) is 0 Å². The minimum atomic E-state index is -0.440. The first-order chi connectivity index (χ1) is 7.14. The summed E-state index contributed by atoms with van der Waals surface area (Å²) in [6, 6.07) is 0. The van der Waals surface area contributed by atoms with Gasteiger partial charge in [-0.05, 0) is 19.3 Å². The van der Waals surface area contributed by atoms with Crippen LogP contribution in [0.4, 0.5) is 0 Å². The molecule has 1 aliphatic rings. The molecule has 15 heavy (non-hydrogen) atoms. The van der Waals surface area contributed by atoms with Gasteiger partial charge in [-0.25, -0.2) is 0 Å². The zero-order valence-corrected chi connectivity index (χ0v) is 9.46. The average molecular weight is 214 g/mol. The van der Waals surface area contributed by atoms with E-state index >= 15 is 0 Å². The highest BCUT2D eigenvalue weighted by atomic mass is 16.3. The third-order valence-corrected chi connectivity index (χ3v) is 3.40. The second-order valence-corrected chi connectivity index (χ2v) is 4.46. The van der Waals surface area contributed by atoms with E-state index in [4.69, 9.17) is 5.73 Å². The topological polar surface area (TPSA) is 75.3 Å². The lowest BCUT2D eigenvalue weighted by Crippen LogP contribution is -2.46. The number of hydrogen-bond donors (Lipinski definition) is 3. The van der Waals surface area contributed by atoms with Crippen LogP contribution in [-0.4, -0.2) is 30.2 Å². The van der Waals surface area contributed by atoms with Gasteiger partial charge >= 0.3 is 0 Å². The van der Waals surface area contributed by atoms with Crippen molar-refractivity contribution in [3.05, 3.63) is 0 Å². The lowest BCUT2D eigenvalue weighted by atomic mass is 9.85. The van der Waals surface area contributed by atoms with Crippen molar-refractivity contribution in [1.29, 1.82) is 0 Å². The maximum Gasteiger partial charge on any atom is 0.227 e. The molecule has 0 radical (unpaired) electrons. The summed E-state index contributed by atoms with van der Waals surface area (Å²) in [6.45, 7) is 2.66. The number of amides is 1. The van der Waals surface area contributed by atoms with Crippen LogP contribution in [0.1, 0.15) is 39.0 Å². The first-order valence-electron chi connectivity index (χ1n) is 5.81. The summed E-state index contributed by atoms with van der Waals surface area (Å²) in [5, 5.41) is 12.2. The molecule has 0 aromatic heterocycles. The van der Waals surface area contributed by atoms with Gasteiger partial charge in [0.05, 0.1) is 11.5 Å². The zero-order chi connectivity index (χ0) is 11.3. The number of nitrogens with two attached hydrogens (primary N) is 1. The molecule has 0 aliphatic heterocycles. The summed E-state index contributed by atoms with van der Waals surface area (Å²) in [7, 11) is 0. The lowest BCUT2D eigenvalue weighted by Gasteiger charge is -2.26. The summed E-state index contributed by atoms with van der Waals surface area (Å²) >= 11 is 0. The Morgan fingerprint density at radius 2 is 2.13 bits per heavy atom. The third kappa shape index (κ3) is 2.92. The van der Waals surface area contributed by atoms with Crippen molar-refractivity contribution in [3.63, 3.8) is 0 Å². The van der Waals surface area contributed by atoms with Crippen molar-refractivity contribution < 1.29 is 9.90 Å². The highest BCUT2D eigenvalue weighted by Gasteiger charge is 2.39. The number of nitrogens with one attached hydrogen (secondary N) is 1. The summed E-state index contributed by atoms with van der Waals surface area (Å²) < 4.78 is 0. The van der Waals surface area contributed by atoms with E-state index in [1.54, 1.807) is 0 Å². The molecule has 88 valence electrons. The summed E-state index contributed by atoms with van der Waals surface area (Å²) in [6.07, 6.45) is 4.16. The van der Waals surface area contributed by atoms with Crippen LogP contribution in [0.3, 0.4) is 0 Å². The molecule has 0 aromatic rings. The van der Waals surface area contributed by atoms with E-state index < -0.39 is 6.10 Å². The molecule has 4 N–H and O–H groups in total. The fourth-order valence-electron chi connectivity index (χ4n) is 2.12. The van der Waals surface area contributed by atoms with E-state index in [2.05, 4.69) is 5.32 Å². The Labute approximate surface area is 91.2 Å². The Kier molecular flexibility index (Phi) is 4.54. The van der Waals surface area contributed by atoms with Crippen LogP contribution in [0, 0.1) is 5.41 Å². The fraction of sp³-hybridized carbons (Fsp3) is 0.909. The molecule has 1 aliphatic carbocycles. The van der Waals surface area contributed by atoms with Gasteiger partial charge < -0.3 is 16.2 Å². The van der Waals surface area contributed by atoms with Gasteiger partial charge in [0, 0.05) is 13.1 Å². The largest absolute Gasteiger partial charge is 0.391 e. The first-order valence-corrected chi connectivity index (χ1v) is 5.81. The Balaban J connectivity index is 2.44. The molecule has 0 saturated heterocycles. The predicted octanol–water partition coefficient (Wildman–Crippen LogP) is 0.393. The second kappa shape index (κ2) is 5.47. The summed E-state index contributed by atoms with van der Waals surface area (Å²) in [4.78, 5) is 11.9. The van der Waals surface area contributed by atoms with Gasteiger partial charge in [-0.2, -0.15) is 0 Å². The number of hydrogen-bond acceptors (Lipinski definition) is 3. The first kappa shape index (κ1) is 12.5. The molecule has 1 amide bonds. The molecule has 1 fully saturated rings. The maximum absolute atomic E-state index is 11.9. The van der Waals surface area contributed by atoms with E-state index in [9.17, 15) is 9.90 Å². The SMILES string of the molecule is CCC(O)CNC(=O)C1(CN)CCCC1. The van der Waals surface area contributed by atoms with Crippen molar-refractivity contribution in [2.45, 2.75) is 45.1 Å². The molecule has 1 rings (SSSR count). The molecule has 4 nitrogen and oxygen atoms in total. The van der Waals surface area contributed by atoms with E-state index in [1.807, 2.05) is 6.92 Å². The minimum Gasteiger partial charge on any atom is -0.391 e. The van der Waals surface area contributed by atoms with Crippen LogP contribution in [0.2, 0.25) is 0 Å². The Morgan fingerprint density at radius 3 is 2.60 bits per heavy atom. The fourth-order valence-corrected chi connectivity index (χ4v) is 2.12. The van der Waals surface area contributed by atoms with Gasteiger partial charge in [-0.1, -0.05) is 19.8 Å². The maximum atomic E-state index is 11.9. The molecule has 1 unspecified atom stereocenters. The van der Waals surface area contributed by atoms with Crippen LogP contribution in [-0.2, 0) is 4.79 Å². The second-order valence-electron chi connectivity index (χ2n) is 4.46. The highest BCUT2D eigenvalue weighted by molar-refractivity contribution is 5.83. The molecular weight excluding hydrogens is 192 g/mol.